The van der Waals surface area contributed by atoms with Crippen LogP contribution < -0.4 is 10.0 Å². The highest BCUT2D eigenvalue weighted by molar-refractivity contribution is 7.88. The second kappa shape index (κ2) is 7.63. The van der Waals surface area contributed by atoms with Gasteiger partial charge in [-0.3, -0.25) is 0 Å². The van der Waals surface area contributed by atoms with Crippen molar-refractivity contribution in [3.05, 3.63) is 35.4 Å². The van der Waals surface area contributed by atoms with Crippen molar-refractivity contribution in [1.82, 2.24) is 10.0 Å². The fraction of sp³-hybridized carbons (Fsp3) is 0.538. The predicted molar refractivity (Wildman–Crippen MR) is 80.3 cm³/mol. The average Bonchev–Trinajstić information content (AvgIpc) is 2.38. The van der Waals surface area contributed by atoms with Crippen molar-refractivity contribution >= 4 is 22.4 Å². The van der Waals surface area contributed by atoms with Gasteiger partial charge in [0, 0.05) is 12.6 Å². The van der Waals surface area contributed by atoms with Gasteiger partial charge in [-0.05, 0) is 31.0 Å². The van der Waals surface area contributed by atoms with Crippen LogP contribution in [0.4, 0.5) is 13.2 Å². The van der Waals surface area contributed by atoms with Crippen LogP contribution in [0.5, 0.6) is 0 Å². The van der Waals surface area contributed by atoms with Crippen LogP contribution in [0.3, 0.4) is 0 Å². The van der Waals surface area contributed by atoms with Crippen molar-refractivity contribution in [3.63, 3.8) is 0 Å². The van der Waals surface area contributed by atoms with Crippen molar-refractivity contribution in [2.75, 3.05) is 13.1 Å². The summed E-state index contributed by atoms with van der Waals surface area (Å²) in [5.41, 5.74) is -1.14. The number of hydrogen-bond donors (Lipinski definition) is 2. The lowest BCUT2D eigenvalue weighted by Crippen LogP contribution is -2.45. The first-order chi connectivity index (χ1) is 9.78. The van der Waals surface area contributed by atoms with Crippen LogP contribution in [0, 0.1) is 0 Å². The zero-order valence-corrected chi connectivity index (χ0v) is 13.3. The first-order valence-corrected chi connectivity index (χ1v) is 8.29. The second-order valence-corrected chi connectivity index (χ2v) is 6.83. The largest absolute Gasteiger partial charge is 0.416 e. The molecule has 0 radical (unpaired) electrons. The van der Waals surface area contributed by atoms with Crippen LogP contribution in [0.15, 0.2) is 24.3 Å². The van der Waals surface area contributed by atoms with E-state index in [-0.39, 0.29) is 24.0 Å². The Bertz CT molecular complexity index is 587. The maximum absolute atomic E-state index is 12.9. The molecule has 1 aromatic rings. The maximum Gasteiger partial charge on any atom is 0.416 e. The molecular formula is C13H18ClF3N2O2S. The van der Waals surface area contributed by atoms with Gasteiger partial charge in [0.2, 0.25) is 10.0 Å². The van der Waals surface area contributed by atoms with E-state index in [2.05, 4.69) is 10.0 Å². The summed E-state index contributed by atoms with van der Waals surface area (Å²) in [5.74, 6) is -0.667. The van der Waals surface area contributed by atoms with E-state index in [1.54, 1.807) is 0 Å². The van der Waals surface area contributed by atoms with Crippen LogP contribution in [0.1, 0.15) is 24.0 Å². The number of hydrogen-bond acceptors (Lipinski definition) is 3. The summed E-state index contributed by atoms with van der Waals surface area (Å²) in [7, 11) is -3.81. The molecule has 22 heavy (non-hydrogen) atoms. The quantitative estimate of drug-likeness (QED) is 0.868. The molecule has 1 aromatic carbocycles. The number of piperidine rings is 1. The molecule has 0 spiro atoms. The Balaban J connectivity index is 0.00000242. The number of sulfonamides is 1. The minimum absolute atomic E-state index is 0. The topological polar surface area (TPSA) is 58.2 Å². The fourth-order valence-electron chi connectivity index (χ4n) is 2.38. The summed E-state index contributed by atoms with van der Waals surface area (Å²) in [4.78, 5) is 0. The Hall–Kier alpha value is -0.830. The molecule has 1 fully saturated rings. The lowest BCUT2D eigenvalue weighted by Gasteiger charge is -2.24. The van der Waals surface area contributed by atoms with Crippen LogP contribution >= 0.6 is 12.4 Å². The third-order valence-corrected chi connectivity index (χ3v) is 4.69. The number of nitrogens with one attached hydrogen (secondary N) is 2. The van der Waals surface area contributed by atoms with Gasteiger partial charge in [0.05, 0.1) is 11.3 Å². The number of halogens is 4. The lowest BCUT2D eigenvalue weighted by molar-refractivity contribution is -0.138. The first-order valence-electron chi connectivity index (χ1n) is 6.64. The van der Waals surface area contributed by atoms with Crippen molar-refractivity contribution in [2.45, 2.75) is 30.8 Å². The minimum Gasteiger partial charge on any atom is -0.315 e. The Morgan fingerprint density at radius 1 is 1.27 bits per heavy atom. The molecule has 9 heteroatoms. The molecule has 4 nitrogen and oxygen atoms in total. The van der Waals surface area contributed by atoms with Gasteiger partial charge in [-0.1, -0.05) is 18.2 Å². The van der Waals surface area contributed by atoms with Gasteiger partial charge in [0.15, 0.2) is 0 Å². The maximum atomic E-state index is 12.9. The van der Waals surface area contributed by atoms with Gasteiger partial charge >= 0.3 is 6.18 Å². The summed E-state index contributed by atoms with van der Waals surface area (Å²) >= 11 is 0. The Morgan fingerprint density at radius 3 is 2.55 bits per heavy atom. The molecule has 0 bridgehead atoms. The normalized spacial score (nSPS) is 19.5. The predicted octanol–water partition coefficient (Wildman–Crippen LogP) is 2.30. The van der Waals surface area contributed by atoms with Gasteiger partial charge in [0.1, 0.15) is 0 Å². The Morgan fingerprint density at radius 2 is 1.95 bits per heavy atom. The average molecular weight is 359 g/mol. The molecule has 0 aromatic heterocycles. The molecule has 1 atom stereocenters. The third-order valence-electron chi connectivity index (χ3n) is 3.31. The van der Waals surface area contributed by atoms with Crippen molar-refractivity contribution in [2.24, 2.45) is 0 Å². The van der Waals surface area contributed by atoms with Crippen LogP contribution in [-0.4, -0.2) is 27.5 Å². The summed E-state index contributed by atoms with van der Waals surface area (Å²) in [6.45, 7) is 1.33. The molecular weight excluding hydrogens is 341 g/mol. The van der Waals surface area contributed by atoms with Gasteiger partial charge < -0.3 is 5.32 Å². The molecule has 2 rings (SSSR count). The van der Waals surface area contributed by atoms with Gasteiger partial charge in [-0.2, -0.15) is 13.2 Å². The van der Waals surface area contributed by atoms with E-state index in [0.29, 0.717) is 13.0 Å². The van der Waals surface area contributed by atoms with E-state index in [1.165, 1.54) is 18.2 Å². The van der Waals surface area contributed by atoms with Crippen molar-refractivity contribution in [1.29, 1.82) is 0 Å². The molecule has 1 aliphatic heterocycles. The SMILES string of the molecule is Cl.O=S(=O)(Cc1ccccc1C(F)(F)F)N[C@H]1CCCNC1. The molecule has 0 saturated carbocycles. The first kappa shape index (κ1) is 19.2. The number of rotatable bonds is 4. The molecule has 1 heterocycles. The lowest BCUT2D eigenvalue weighted by atomic mass is 10.1. The van der Waals surface area contributed by atoms with Crippen LogP contribution in [0.25, 0.3) is 0 Å². The molecule has 1 saturated heterocycles. The fourth-order valence-corrected chi connectivity index (χ4v) is 3.83. The van der Waals surface area contributed by atoms with Crippen molar-refractivity contribution < 1.29 is 21.6 Å². The summed E-state index contributed by atoms with van der Waals surface area (Å²) in [6, 6.07) is 4.48. The van der Waals surface area contributed by atoms with E-state index in [0.717, 1.165) is 19.0 Å². The Kier molecular flexibility index (Phi) is 6.66. The van der Waals surface area contributed by atoms with E-state index in [9.17, 15) is 21.6 Å². The highest BCUT2D eigenvalue weighted by Crippen LogP contribution is 2.32. The molecule has 0 amide bonds. The zero-order valence-electron chi connectivity index (χ0n) is 11.7. The summed E-state index contributed by atoms with van der Waals surface area (Å²) < 4.78 is 65.1. The van der Waals surface area contributed by atoms with Gasteiger partial charge in [-0.15, -0.1) is 12.4 Å². The van der Waals surface area contributed by atoms with Crippen LogP contribution in [0.2, 0.25) is 0 Å². The van der Waals surface area contributed by atoms with Gasteiger partial charge in [0.25, 0.3) is 0 Å². The molecule has 0 unspecified atom stereocenters. The highest BCUT2D eigenvalue weighted by Gasteiger charge is 2.34. The Labute approximate surface area is 133 Å². The monoisotopic (exact) mass is 358 g/mol. The zero-order chi connectivity index (χ0) is 15.5. The number of benzene rings is 1. The summed E-state index contributed by atoms with van der Waals surface area (Å²) in [5, 5.41) is 3.05. The van der Waals surface area contributed by atoms with E-state index < -0.39 is 27.5 Å². The van der Waals surface area contributed by atoms with Gasteiger partial charge in [-0.25, -0.2) is 13.1 Å². The highest BCUT2D eigenvalue weighted by atomic mass is 35.5. The van der Waals surface area contributed by atoms with Crippen LogP contribution in [-0.2, 0) is 22.0 Å². The molecule has 1 aliphatic rings. The summed E-state index contributed by atoms with van der Waals surface area (Å²) in [6.07, 6.45) is -3.03. The smallest absolute Gasteiger partial charge is 0.315 e. The third kappa shape index (κ3) is 5.42. The van der Waals surface area contributed by atoms with Crippen molar-refractivity contribution in [3.8, 4) is 0 Å². The standard InChI is InChI=1S/C13H17F3N2O2S.ClH/c14-13(15,16)12-6-2-1-4-10(12)9-21(19,20)18-11-5-3-7-17-8-11;/h1-2,4,6,11,17-18H,3,5,7-9H2;1H/t11-;/m0./s1. The minimum atomic E-state index is -4.56. The van der Waals surface area contributed by atoms with E-state index in [1.807, 2.05) is 0 Å². The molecule has 126 valence electrons. The molecule has 2 N–H and O–H groups in total. The van der Waals surface area contributed by atoms with E-state index >= 15 is 0 Å². The molecule has 0 aliphatic carbocycles. The second-order valence-electron chi connectivity index (χ2n) is 5.08. The number of alkyl halides is 3. The van der Waals surface area contributed by atoms with E-state index in [4.69, 9.17) is 0 Å².